The Morgan fingerprint density at radius 3 is 2.43 bits per heavy atom. The van der Waals surface area contributed by atoms with Crippen molar-refractivity contribution >= 4 is 17.6 Å². The van der Waals surface area contributed by atoms with Crippen molar-refractivity contribution in [1.29, 1.82) is 0 Å². The van der Waals surface area contributed by atoms with Crippen LogP contribution < -0.4 is 10.6 Å². The molecule has 0 unspecified atom stereocenters. The number of carbonyl (C=O) groups excluding carboxylic acids is 1. The third-order valence-corrected chi connectivity index (χ3v) is 4.51. The average Bonchev–Trinajstić information content (AvgIpc) is 2.47. The van der Waals surface area contributed by atoms with Gasteiger partial charge in [-0.15, -0.1) is 0 Å². The second kappa shape index (κ2) is 7.17. The molecule has 0 heterocycles. The summed E-state index contributed by atoms with van der Waals surface area (Å²) in [5.41, 5.74) is 1.05. The number of benzene rings is 1. The minimum atomic E-state index is -0.117. The molecule has 116 valence electrons. The topological polar surface area (TPSA) is 41.1 Å². The molecule has 0 radical (unpaired) electrons. The van der Waals surface area contributed by atoms with Gasteiger partial charge in [0.2, 0.25) is 0 Å². The van der Waals surface area contributed by atoms with Crippen LogP contribution in [-0.2, 0) is 5.41 Å². The number of hydrogen-bond acceptors (Lipinski definition) is 1. The molecule has 1 aliphatic carbocycles. The van der Waals surface area contributed by atoms with Gasteiger partial charge in [-0.05, 0) is 30.5 Å². The second-order valence-corrected chi connectivity index (χ2v) is 6.99. The lowest BCUT2D eigenvalue weighted by molar-refractivity contribution is 0.230. The van der Waals surface area contributed by atoms with Crippen molar-refractivity contribution in [3.8, 4) is 0 Å². The smallest absolute Gasteiger partial charge is 0.315 e. The van der Waals surface area contributed by atoms with Crippen molar-refractivity contribution < 1.29 is 4.79 Å². The first-order chi connectivity index (χ1) is 9.97. The van der Waals surface area contributed by atoms with Gasteiger partial charge in [0.05, 0.1) is 0 Å². The Morgan fingerprint density at radius 1 is 1.19 bits per heavy atom. The van der Waals surface area contributed by atoms with Crippen molar-refractivity contribution in [2.75, 3.05) is 6.54 Å². The Kier molecular flexibility index (Phi) is 5.51. The molecule has 3 nitrogen and oxygen atoms in total. The number of halogens is 1. The molecule has 2 rings (SSSR count). The fourth-order valence-corrected chi connectivity index (χ4v) is 2.91. The largest absolute Gasteiger partial charge is 0.337 e. The van der Waals surface area contributed by atoms with Gasteiger partial charge in [0.15, 0.2) is 0 Å². The summed E-state index contributed by atoms with van der Waals surface area (Å²) in [4.78, 5) is 12.0. The van der Waals surface area contributed by atoms with Crippen LogP contribution in [0, 0.1) is 0 Å². The van der Waals surface area contributed by atoms with Gasteiger partial charge >= 0.3 is 6.03 Å². The summed E-state index contributed by atoms with van der Waals surface area (Å²) in [6, 6.07) is 8.11. The zero-order chi connectivity index (χ0) is 15.3. The molecule has 2 amide bonds. The van der Waals surface area contributed by atoms with Crippen LogP contribution in [0.3, 0.4) is 0 Å². The highest BCUT2D eigenvalue weighted by atomic mass is 35.5. The maximum Gasteiger partial charge on any atom is 0.315 e. The van der Waals surface area contributed by atoms with Crippen molar-refractivity contribution in [1.82, 2.24) is 10.6 Å². The summed E-state index contributed by atoms with van der Waals surface area (Å²) in [5, 5.41) is 6.81. The number of hydrogen-bond donors (Lipinski definition) is 2. The van der Waals surface area contributed by atoms with E-state index in [-0.39, 0.29) is 11.4 Å². The molecule has 1 fully saturated rings. The van der Waals surface area contributed by atoms with E-state index in [4.69, 9.17) is 11.6 Å². The van der Waals surface area contributed by atoms with Gasteiger partial charge in [0.1, 0.15) is 0 Å². The fraction of sp³-hybridized carbons (Fsp3) is 0.588. The van der Waals surface area contributed by atoms with Gasteiger partial charge in [-0.1, -0.05) is 56.8 Å². The highest BCUT2D eigenvalue weighted by Crippen LogP contribution is 2.24. The lowest BCUT2D eigenvalue weighted by Crippen LogP contribution is -2.46. The Hall–Kier alpha value is -1.22. The van der Waals surface area contributed by atoms with Gasteiger partial charge in [0.25, 0.3) is 0 Å². The summed E-state index contributed by atoms with van der Waals surface area (Å²) in [6.45, 7) is 4.85. The molecule has 0 bridgehead atoms. The third-order valence-electron chi connectivity index (χ3n) is 4.26. The molecule has 4 heteroatoms. The van der Waals surface area contributed by atoms with E-state index < -0.39 is 0 Å². The van der Waals surface area contributed by atoms with Gasteiger partial charge in [-0.25, -0.2) is 4.79 Å². The first kappa shape index (κ1) is 16.2. The minimum absolute atomic E-state index is 0.0519. The summed E-state index contributed by atoms with van der Waals surface area (Å²) in [5.74, 6) is 0. The highest BCUT2D eigenvalue weighted by molar-refractivity contribution is 6.30. The van der Waals surface area contributed by atoms with Gasteiger partial charge in [-0.3, -0.25) is 0 Å². The fourth-order valence-electron chi connectivity index (χ4n) is 2.79. The standard InChI is InChI=1S/C17H25ClN2O/c1-17(2,13-8-10-14(18)11-9-13)12-19-16(21)20-15-6-4-3-5-7-15/h8-11,15H,3-7,12H2,1-2H3,(H2,19,20,21). The highest BCUT2D eigenvalue weighted by Gasteiger charge is 2.22. The zero-order valence-electron chi connectivity index (χ0n) is 12.9. The van der Waals surface area contributed by atoms with Gasteiger partial charge in [-0.2, -0.15) is 0 Å². The molecule has 1 aromatic carbocycles. The minimum Gasteiger partial charge on any atom is -0.337 e. The summed E-state index contributed by atoms with van der Waals surface area (Å²) < 4.78 is 0. The van der Waals surface area contributed by atoms with Crippen LogP contribution in [0.25, 0.3) is 0 Å². The third kappa shape index (κ3) is 4.92. The Balaban J connectivity index is 1.82. The van der Waals surface area contributed by atoms with Gasteiger partial charge in [0, 0.05) is 23.0 Å². The van der Waals surface area contributed by atoms with Crippen molar-refractivity contribution in [2.24, 2.45) is 0 Å². The molecule has 21 heavy (non-hydrogen) atoms. The van der Waals surface area contributed by atoms with Crippen LogP contribution in [0.2, 0.25) is 5.02 Å². The summed E-state index contributed by atoms with van der Waals surface area (Å²) in [7, 11) is 0. The second-order valence-electron chi connectivity index (χ2n) is 6.55. The zero-order valence-corrected chi connectivity index (χ0v) is 13.7. The molecule has 1 aromatic rings. The Morgan fingerprint density at radius 2 is 1.81 bits per heavy atom. The van der Waals surface area contributed by atoms with Crippen molar-refractivity contribution in [3.63, 3.8) is 0 Å². The van der Waals surface area contributed by atoms with E-state index >= 15 is 0 Å². The Labute approximate surface area is 132 Å². The lowest BCUT2D eigenvalue weighted by Gasteiger charge is -2.27. The predicted molar refractivity (Wildman–Crippen MR) is 87.9 cm³/mol. The molecule has 0 saturated heterocycles. The molecule has 2 N–H and O–H groups in total. The quantitative estimate of drug-likeness (QED) is 0.858. The molecule has 1 saturated carbocycles. The molecule has 0 aliphatic heterocycles. The van der Waals surface area contributed by atoms with E-state index in [0.29, 0.717) is 12.6 Å². The lowest BCUT2D eigenvalue weighted by atomic mass is 9.85. The van der Waals surface area contributed by atoms with Crippen LogP contribution in [0.5, 0.6) is 0 Å². The molecule has 0 atom stereocenters. The van der Waals surface area contributed by atoms with E-state index in [9.17, 15) is 4.79 Å². The van der Waals surface area contributed by atoms with Crippen molar-refractivity contribution in [2.45, 2.75) is 57.4 Å². The monoisotopic (exact) mass is 308 g/mol. The molecular weight excluding hydrogens is 284 g/mol. The average molecular weight is 309 g/mol. The maximum atomic E-state index is 12.0. The number of carbonyl (C=O) groups is 1. The summed E-state index contributed by atoms with van der Waals surface area (Å²) >= 11 is 5.92. The maximum absolute atomic E-state index is 12.0. The summed E-state index contributed by atoms with van der Waals surface area (Å²) in [6.07, 6.45) is 5.95. The van der Waals surface area contributed by atoms with Crippen LogP contribution in [0.15, 0.2) is 24.3 Å². The first-order valence-electron chi connectivity index (χ1n) is 7.78. The number of nitrogens with one attached hydrogen (secondary N) is 2. The molecule has 1 aliphatic rings. The number of rotatable bonds is 4. The Bertz CT molecular complexity index is 464. The molecular formula is C17H25ClN2O. The van der Waals surface area contributed by atoms with Crippen LogP contribution in [0.4, 0.5) is 4.79 Å². The van der Waals surface area contributed by atoms with E-state index in [1.807, 2.05) is 24.3 Å². The molecule has 0 aromatic heterocycles. The van der Waals surface area contributed by atoms with E-state index in [1.54, 1.807) is 0 Å². The normalized spacial score (nSPS) is 16.5. The van der Waals surface area contributed by atoms with E-state index in [1.165, 1.54) is 24.8 Å². The van der Waals surface area contributed by atoms with E-state index in [0.717, 1.165) is 17.9 Å². The number of urea groups is 1. The predicted octanol–water partition coefficient (Wildman–Crippen LogP) is 4.25. The number of amides is 2. The van der Waals surface area contributed by atoms with E-state index in [2.05, 4.69) is 24.5 Å². The van der Waals surface area contributed by atoms with Crippen LogP contribution >= 0.6 is 11.6 Å². The first-order valence-corrected chi connectivity index (χ1v) is 8.15. The van der Waals surface area contributed by atoms with Gasteiger partial charge < -0.3 is 10.6 Å². The van der Waals surface area contributed by atoms with Crippen molar-refractivity contribution in [3.05, 3.63) is 34.9 Å². The molecule has 0 spiro atoms. The van der Waals surface area contributed by atoms with Crippen LogP contribution in [0.1, 0.15) is 51.5 Å². The SMILES string of the molecule is CC(C)(CNC(=O)NC1CCCCC1)c1ccc(Cl)cc1. The van der Waals surface area contributed by atoms with Crippen LogP contribution in [-0.4, -0.2) is 18.6 Å².